The first kappa shape index (κ1) is 142. The Bertz CT molecular complexity index is 1750. The summed E-state index contributed by atoms with van der Waals surface area (Å²) in [4.78, 5) is 0. The van der Waals surface area contributed by atoms with Crippen molar-refractivity contribution in [1.82, 2.24) is 0 Å². The largest absolute Gasteiger partial charge is 2.00 e. The van der Waals surface area contributed by atoms with Crippen molar-refractivity contribution >= 4 is 0 Å². The van der Waals surface area contributed by atoms with E-state index in [0.717, 1.165) is 128 Å². The van der Waals surface area contributed by atoms with E-state index in [9.17, 15) is 0 Å². The Kier molecular flexibility index (Phi) is 211. The third kappa shape index (κ3) is 221. The van der Waals surface area contributed by atoms with Crippen LogP contribution in [0.4, 0.5) is 0 Å². The summed E-state index contributed by atoms with van der Waals surface area (Å²) in [5.74, 6) is 0. The molecule has 0 aliphatic rings. The Morgan fingerprint density at radius 3 is 0.477 bits per heavy atom. The van der Waals surface area contributed by atoms with Crippen LogP contribution < -0.4 is 0 Å². The van der Waals surface area contributed by atoms with E-state index in [2.05, 4.69) is 264 Å². The van der Waals surface area contributed by atoms with Crippen molar-refractivity contribution in [2.24, 2.45) is 0 Å². The summed E-state index contributed by atoms with van der Waals surface area (Å²) in [5, 5.41) is 0. The van der Waals surface area contributed by atoms with E-state index < -0.39 is 0 Å². The molecule has 0 saturated carbocycles. The number of allylic oxidation sites excluding steroid dienone is 28. The van der Waals surface area contributed by atoms with E-state index in [-0.39, 0.29) is 65.2 Å². The van der Waals surface area contributed by atoms with E-state index in [1.807, 2.05) is 97.2 Å². The monoisotopic (exact) mass is 1640 g/mol. The van der Waals surface area contributed by atoms with Crippen LogP contribution in [0.5, 0.6) is 0 Å². The molecule has 0 radical (unpaired) electrons. The summed E-state index contributed by atoms with van der Waals surface area (Å²) in [7, 11) is 0. The first-order chi connectivity index (χ1) is 52.5. The summed E-state index contributed by atoms with van der Waals surface area (Å²) in [6.45, 7) is 95.3. The minimum Gasteiger partial charge on any atom is -0.409 e. The molecular weight excluding hydrogens is 1460 g/mol. The van der Waals surface area contributed by atoms with Crippen LogP contribution in [0.3, 0.4) is 0 Å². The average Bonchev–Trinajstić information content (AvgIpc) is 1.89. The van der Waals surface area contributed by atoms with Gasteiger partial charge in [0.1, 0.15) is 0 Å². The molecule has 0 aliphatic heterocycles. The van der Waals surface area contributed by atoms with Gasteiger partial charge >= 0.3 is 65.2 Å². The topological polar surface area (TPSA) is 36.9 Å². The third-order valence-corrected chi connectivity index (χ3v) is 13.7. The normalized spacial score (nSPS) is 10.6. The van der Waals surface area contributed by atoms with Gasteiger partial charge in [-0.2, -0.15) is 0 Å². The Morgan fingerprint density at radius 1 is 0.225 bits per heavy atom. The van der Waals surface area contributed by atoms with Crippen LogP contribution in [0.2, 0.25) is 0 Å². The molecule has 0 rings (SSSR count). The minimum absolute atomic E-state index is 0. The van der Waals surface area contributed by atoms with Gasteiger partial charge in [0.25, 0.3) is 0 Å². The van der Waals surface area contributed by atoms with E-state index in [1.54, 1.807) is 0 Å². The van der Waals surface area contributed by atoms with Crippen molar-refractivity contribution in [1.29, 1.82) is 0 Å². The van der Waals surface area contributed by atoms with Crippen molar-refractivity contribution in [3.05, 3.63) is 328 Å². The van der Waals surface area contributed by atoms with E-state index >= 15 is 0 Å². The van der Waals surface area contributed by atoms with Crippen LogP contribution in [0.1, 0.15) is 287 Å². The summed E-state index contributed by atoms with van der Waals surface area (Å²) in [6.07, 6.45) is 98.2. The van der Waals surface area contributed by atoms with Crippen molar-refractivity contribution < 1.29 is 84.1 Å². The van der Waals surface area contributed by atoms with E-state index in [1.165, 1.54) is 125 Å². The molecule has 7 heteroatoms. The van der Waals surface area contributed by atoms with Crippen LogP contribution in [0, 0.1) is 83.1 Å². The maximum absolute atomic E-state index is 5.02. The van der Waals surface area contributed by atoms with E-state index in [4.69, 9.17) is 18.9 Å². The summed E-state index contributed by atoms with van der Waals surface area (Å²) in [5.41, 5.74) is 5.08. The summed E-state index contributed by atoms with van der Waals surface area (Å²) < 4.78 is 20.1. The molecule has 4 nitrogen and oxygen atoms in total. The predicted octanol–water partition coefficient (Wildman–Crippen LogP) is 33.8. The zero-order chi connectivity index (χ0) is 84.0. The molecule has 0 aromatic heterocycles. The zero-order valence-corrected chi connectivity index (χ0v) is 79.2. The molecule has 638 valence electrons. The number of hydrogen-bond acceptors (Lipinski definition) is 4. The Balaban J connectivity index is -0.0000000697. The predicted molar refractivity (Wildman–Crippen MR) is 506 cm³/mol. The van der Waals surface area contributed by atoms with Gasteiger partial charge in [-0.25, -0.2) is 151 Å². The number of ether oxygens (including phenoxy) is 4. The summed E-state index contributed by atoms with van der Waals surface area (Å²) >= 11 is 0. The first-order valence-electron chi connectivity index (χ1n) is 41.3. The van der Waals surface area contributed by atoms with Crippen molar-refractivity contribution in [3.8, 4) is 0 Å². The minimum atomic E-state index is 0. The van der Waals surface area contributed by atoms with Crippen molar-refractivity contribution in [3.63, 3.8) is 0 Å². The van der Waals surface area contributed by atoms with Gasteiger partial charge in [0.2, 0.25) is 0 Å². The molecule has 0 bridgehead atoms. The molecule has 0 aromatic rings. The fourth-order valence-electron chi connectivity index (χ4n) is 6.83. The van der Waals surface area contributed by atoms with Gasteiger partial charge < -0.3 is 46.6 Å². The third-order valence-electron chi connectivity index (χ3n) is 13.7. The van der Waals surface area contributed by atoms with Gasteiger partial charge in [0.05, 0.1) is 26.4 Å². The van der Waals surface area contributed by atoms with Crippen LogP contribution >= 0.6 is 0 Å². The Hall–Kier alpha value is -4.26. The fraction of sp³-hybridized carbons (Fsp3) is 0.500. The first-order valence-corrected chi connectivity index (χ1v) is 41.3. The number of unbranched alkanes of at least 4 members (excludes halogenated alkanes) is 20. The van der Waals surface area contributed by atoms with Crippen LogP contribution in [0.25, 0.3) is 0 Å². The molecule has 0 N–H and O–H groups in total. The molecule has 111 heavy (non-hydrogen) atoms. The molecule has 0 amide bonds. The maximum Gasteiger partial charge on any atom is 2.00 e. The molecule has 0 fully saturated rings. The molecule has 0 saturated heterocycles. The number of rotatable bonds is 56. The van der Waals surface area contributed by atoms with Gasteiger partial charge in [-0.15, -0.1) is 104 Å². The maximum atomic E-state index is 5.02. The van der Waals surface area contributed by atoms with Crippen LogP contribution in [-0.2, 0) is 84.1 Å². The standard InChI is InChI=1S/4C10H17O.4C8H15.4C8H13.3Ti/c4*1-3-5-6-7-8-9-10-11-4-2;4*1-4-6-7-8(3)5-2;4*1-3-5-7-8-6-4-2;;;/h4*3,8-9H,1-2,4-7,10H2;4*7H,3-6H2,1-2H3;4*3-5H,1-2,6-8H2;;;/q12*-1;3*+2. The van der Waals surface area contributed by atoms with Crippen LogP contribution in [-0.4, -0.2) is 52.9 Å². The van der Waals surface area contributed by atoms with Gasteiger partial charge in [-0.3, -0.25) is 0 Å². The molecular formula is C104H180O4Ti3-6. The second-order valence-corrected chi connectivity index (χ2v) is 23.8. The SMILES string of the molecule is C=CCCCC=CCOC[CH2-].C=CCCCC=CCOC[CH2-].C=CCCCC=CCOC[CH2-].C=CCCCC=CCOC[CH2-].C=CCCCC=C[CH2-].C=CCCCC=C[CH2-].C=CCCCC=C[CH2-].C=CCCCC=C[CH2-].[CH2-]C(=CCCC)CC.[CH2-]C(=CCCC)CC.[CH2-]C(=CCCC)CC.[CH2-]C(=CCCC)CC.[Ti+2].[Ti+2].[Ti+2]. The molecule has 0 atom stereocenters. The quantitative estimate of drug-likeness (QED) is 0.0263. The van der Waals surface area contributed by atoms with Gasteiger partial charge in [-0.1, -0.05) is 256 Å². The second kappa shape index (κ2) is 165. The van der Waals surface area contributed by atoms with Gasteiger partial charge in [-0.05, 0) is 103 Å². The average molecular weight is 1640 g/mol. The molecule has 0 aliphatic carbocycles. The van der Waals surface area contributed by atoms with Crippen LogP contribution in [0.15, 0.2) is 245 Å². The Morgan fingerprint density at radius 2 is 0.369 bits per heavy atom. The fourth-order valence-corrected chi connectivity index (χ4v) is 6.83. The molecule has 0 unspecified atom stereocenters. The van der Waals surface area contributed by atoms with E-state index in [0.29, 0.717) is 52.9 Å². The second-order valence-electron chi connectivity index (χ2n) is 23.8. The van der Waals surface area contributed by atoms with Gasteiger partial charge in [0, 0.05) is 0 Å². The van der Waals surface area contributed by atoms with Crippen molar-refractivity contribution in [2.45, 2.75) is 287 Å². The molecule has 0 spiro atoms. The molecule has 0 aromatic carbocycles. The smallest absolute Gasteiger partial charge is 0.409 e. The van der Waals surface area contributed by atoms with Gasteiger partial charge in [0.15, 0.2) is 0 Å². The summed E-state index contributed by atoms with van der Waals surface area (Å²) in [6, 6.07) is 0. The zero-order valence-electron chi connectivity index (χ0n) is 74.6. The van der Waals surface area contributed by atoms with Crippen molar-refractivity contribution in [2.75, 3.05) is 52.9 Å². The number of hydrogen-bond donors (Lipinski definition) is 0. The molecule has 0 heterocycles. The Labute approximate surface area is 745 Å².